The van der Waals surface area contributed by atoms with Crippen molar-refractivity contribution in [2.45, 2.75) is 19.3 Å². The minimum atomic E-state index is 0.788. The minimum Gasteiger partial charge on any atom is -0.261 e. The average Bonchev–Trinajstić information content (AvgIpc) is 3.16. The first-order valence-corrected chi connectivity index (χ1v) is 9.39. The molecule has 0 radical (unpaired) electrons. The van der Waals surface area contributed by atoms with Gasteiger partial charge in [0.05, 0.1) is 11.6 Å². The van der Waals surface area contributed by atoms with Gasteiger partial charge in [-0.25, -0.2) is 9.97 Å². The Bertz CT molecular complexity index is 931. The number of benzene rings is 1. The van der Waals surface area contributed by atoms with Gasteiger partial charge in [0.25, 0.3) is 0 Å². The normalized spacial score (nSPS) is 14.5. The first kappa shape index (κ1) is 15.5. The fourth-order valence-electron chi connectivity index (χ4n) is 2.91. The molecule has 0 spiro atoms. The SMILES string of the molecule is BrC(/C=N/Nc1ncnc2sc3c(c12)CCC3)=C/c1ccccc1. The fourth-order valence-corrected chi connectivity index (χ4v) is 4.51. The van der Waals surface area contributed by atoms with Crippen molar-refractivity contribution in [1.82, 2.24) is 9.97 Å². The predicted octanol–water partition coefficient (Wildman–Crippen LogP) is 5.01. The molecule has 2 aromatic heterocycles. The number of thiophene rings is 1. The van der Waals surface area contributed by atoms with Gasteiger partial charge in [0, 0.05) is 9.36 Å². The molecule has 4 rings (SSSR count). The number of hydrogen-bond donors (Lipinski definition) is 1. The van der Waals surface area contributed by atoms with E-state index >= 15 is 0 Å². The number of hydrazone groups is 1. The second-order valence-corrected chi connectivity index (χ2v) is 7.57. The lowest BCUT2D eigenvalue weighted by atomic mass is 10.2. The number of nitrogens with one attached hydrogen (secondary N) is 1. The highest BCUT2D eigenvalue weighted by Gasteiger charge is 2.20. The highest BCUT2D eigenvalue weighted by molar-refractivity contribution is 9.12. The van der Waals surface area contributed by atoms with Crippen LogP contribution in [0.5, 0.6) is 0 Å². The molecule has 1 aliphatic carbocycles. The quantitative estimate of drug-likeness (QED) is 0.496. The van der Waals surface area contributed by atoms with Crippen LogP contribution in [0, 0.1) is 0 Å². The van der Waals surface area contributed by atoms with Crippen molar-refractivity contribution in [2.75, 3.05) is 5.43 Å². The summed E-state index contributed by atoms with van der Waals surface area (Å²) in [6, 6.07) is 10.1. The first-order valence-electron chi connectivity index (χ1n) is 7.78. The Morgan fingerprint density at radius 1 is 1.21 bits per heavy atom. The summed E-state index contributed by atoms with van der Waals surface area (Å²) in [5.41, 5.74) is 5.59. The van der Waals surface area contributed by atoms with Gasteiger partial charge in [0.2, 0.25) is 0 Å². The van der Waals surface area contributed by atoms with E-state index in [0.29, 0.717) is 0 Å². The van der Waals surface area contributed by atoms with Crippen LogP contribution in [0.4, 0.5) is 5.82 Å². The largest absolute Gasteiger partial charge is 0.261 e. The molecule has 3 aromatic rings. The number of aryl methyl sites for hydroxylation is 2. The highest BCUT2D eigenvalue weighted by atomic mass is 79.9. The van der Waals surface area contributed by atoms with Crippen LogP contribution in [-0.2, 0) is 12.8 Å². The standard InChI is InChI=1S/C18H15BrN4S/c19-13(9-12-5-2-1-3-6-12)10-22-23-17-16-14-7-4-8-15(14)24-18(16)21-11-20-17/h1-3,5-6,9-11H,4,7-8H2,(H,20,21,23)/b13-9+,22-10+. The van der Waals surface area contributed by atoms with Crippen molar-refractivity contribution < 1.29 is 0 Å². The summed E-state index contributed by atoms with van der Waals surface area (Å²) in [6.07, 6.45) is 8.85. The molecule has 0 bridgehead atoms. The molecular weight excluding hydrogens is 384 g/mol. The summed E-state index contributed by atoms with van der Waals surface area (Å²) in [6.45, 7) is 0. The van der Waals surface area contributed by atoms with Gasteiger partial charge in [0.15, 0.2) is 5.82 Å². The van der Waals surface area contributed by atoms with Crippen molar-refractivity contribution in [2.24, 2.45) is 5.10 Å². The number of fused-ring (bicyclic) bond motifs is 3. The molecule has 0 saturated carbocycles. The molecule has 1 aliphatic rings. The third-order valence-electron chi connectivity index (χ3n) is 3.96. The summed E-state index contributed by atoms with van der Waals surface area (Å²) in [7, 11) is 0. The smallest absolute Gasteiger partial charge is 0.158 e. The molecule has 6 heteroatoms. The maximum Gasteiger partial charge on any atom is 0.158 e. The van der Waals surface area contributed by atoms with E-state index in [9.17, 15) is 0 Å². The molecule has 0 atom stereocenters. The maximum atomic E-state index is 4.40. The van der Waals surface area contributed by atoms with Crippen LogP contribution in [0.25, 0.3) is 16.3 Å². The molecule has 0 aliphatic heterocycles. The number of aromatic nitrogens is 2. The van der Waals surface area contributed by atoms with Gasteiger partial charge in [-0.3, -0.25) is 5.43 Å². The van der Waals surface area contributed by atoms with Crippen LogP contribution in [0.1, 0.15) is 22.4 Å². The van der Waals surface area contributed by atoms with Crippen LogP contribution in [0.15, 0.2) is 46.2 Å². The number of halogens is 1. The van der Waals surface area contributed by atoms with Crippen molar-refractivity contribution in [1.29, 1.82) is 0 Å². The van der Waals surface area contributed by atoms with Crippen LogP contribution in [0.3, 0.4) is 0 Å². The van der Waals surface area contributed by atoms with Crippen molar-refractivity contribution in [3.8, 4) is 0 Å². The van der Waals surface area contributed by atoms with Crippen molar-refractivity contribution >= 4 is 55.6 Å². The molecule has 24 heavy (non-hydrogen) atoms. The second kappa shape index (κ2) is 6.83. The number of rotatable bonds is 4. The Kier molecular flexibility index (Phi) is 4.40. The van der Waals surface area contributed by atoms with Crippen molar-refractivity contribution in [3.05, 3.63) is 57.1 Å². The zero-order chi connectivity index (χ0) is 16.4. The third-order valence-corrected chi connectivity index (χ3v) is 5.60. The van der Waals surface area contributed by atoms with Gasteiger partial charge >= 0.3 is 0 Å². The molecule has 2 heterocycles. The lowest BCUT2D eigenvalue weighted by Gasteiger charge is -2.02. The number of anilines is 1. The van der Waals surface area contributed by atoms with Crippen LogP contribution in [0.2, 0.25) is 0 Å². The molecule has 0 fully saturated rings. The van der Waals surface area contributed by atoms with E-state index in [2.05, 4.69) is 36.4 Å². The van der Waals surface area contributed by atoms with E-state index < -0.39 is 0 Å². The first-order chi connectivity index (χ1) is 11.8. The van der Waals surface area contributed by atoms with Crippen LogP contribution < -0.4 is 5.43 Å². The highest BCUT2D eigenvalue weighted by Crippen LogP contribution is 2.38. The van der Waals surface area contributed by atoms with E-state index in [1.807, 2.05) is 36.4 Å². The zero-order valence-corrected chi connectivity index (χ0v) is 15.3. The number of hydrogen-bond acceptors (Lipinski definition) is 5. The molecule has 120 valence electrons. The monoisotopic (exact) mass is 398 g/mol. The lowest BCUT2D eigenvalue weighted by Crippen LogP contribution is -1.95. The van der Waals surface area contributed by atoms with Gasteiger partial charge < -0.3 is 0 Å². The van der Waals surface area contributed by atoms with E-state index in [0.717, 1.165) is 38.9 Å². The molecular formula is C18H15BrN4S. The minimum absolute atomic E-state index is 0.788. The molecule has 1 N–H and O–H groups in total. The summed E-state index contributed by atoms with van der Waals surface area (Å²) in [5.74, 6) is 0.788. The predicted molar refractivity (Wildman–Crippen MR) is 105 cm³/mol. The third kappa shape index (κ3) is 3.12. The second-order valence-electron chi connectivity index (χ2n) is 5.57. The molecule has 0 amide bonds. The van der Waals surface area contributed by atoms with E-state index in [1.54, 1.807) is 23.9 Å². The maximum absolute atomic E-state index is 4.40. The number of nitrogens with zero attached hydrogens (tertiary/aromatic N) is 3. The Morgan fingerprint density at radius 2 is 2.08 bits per heavy atom. The van der Waals surface area contributed by atoms with Gasteiger partial charge in [-0.15, -0.1) is 11.3 Å². The molecule has 0 unspecified atom stereocenters. The van der Waals surface area contributed by atoms with Gasteiger partial charge in [-0.1, -0.05) is 30.3 Å². The summed E-state index contributed by atoms with van der Waals surface area (Å²) in [5, 5.41) is 5.45. The topological polar surface area (TPSA) is 50.2 Å². The summed E-state index contributed by atoms with van der Waals surface area (Å²) in [4.78, 5) is 11.3. The molecule has 1 aromatic carbocycles. The van der Waals surface area contributed by atoms with Crippen LogP contribution >= 0.6 is 27.3 Å². The Morgan fingerprint density at radius 3 is 2.96 bits per heavy atom. The Hall–Kier alpha value is -2.05. The van der Waals surface area contributed by atoms with E-state index in [-0.39, 0.29) is 0 Å². The Labute approximate surface area is 152 Å². The van der Waals surface area contributed by atoms with Crippen molar-refractivity contribution in [3.63, 3.8) is 0 Å². The Balaban J connectivity index is 1.56. The van der Waals surface area contributed by atoms with Gasteiger partial charge in [-0.05, 0) is 52.4 Å². The number of allylic oxidation sites excluding steroid dienone is 1. The summed E-state index contributed by atoms with van der Waals surface area (Å²) >= 11 is 5.30. The van der Waals surface area contributed by atoms with Gasteiger partial charge in [-0.2, -0.15) is 5.10 Å². The molecule has 4 nitrogen and oxygen atoms in total. The van der Waals surface area contributed by atoms with Gasteiger partial charge in [0.1, 0.15) is 11.2 Å². The van der Waals surface area contributed by atoms with E-state index in [4.69, 9.17) is 0 Å². The average molecular weight is 399 g/mol. The van der Waals surface area contributed by atoms with E-state index in [1.165, 1.54) is 16.9 Å². The summed E-state index contributed by atoms with van der Waals surface area (Å²) < 4.78 is 0.891. The molecule has 0 saturated heterocycles. The fraction of sp³-hybridized carbons (Fsp3) is 0.167. The van der Waals surface area contributed by atoms with Crippen LogP contribution in [-0.4, -0.2) is 16.2 Å². The zero-order valence-electron chi connectivity index (χ0n) is 12.9. The lowest BCUT2D eigenvalue weighted by molar-refractivity contribution is 0.917.